The van der Waals surface area contributed by atoms with Gasteiger partial charge in [0.05, 0.1) is 55.1 Å². The largest absolute Gasteiger partial charge is 0.507 e. The van der Waals surface area contributed by atoms with Gasteiger partial charge in [-0.05, 0) is 56.9 Å². The number of phenolic OH excluding ortho intramolecular Hbond substituents is 2. The summed E-state index contributed by atoms with van der Waals surface area (Å²) < 4.78 is 17.7. The highest BCUT2D eigenvalue weighted by Gasteiger charge is 2.51. The minimum Gasteiger partial charge on any atom is -0.507 e. The number of aromatic hydroxyl groups is 2. The molecule has 2 heterocycles. The van der Waals surface area contributed by atoms with Crippen molar-refractivity contribution in [3.63, 3.8) is 0 Å². The number of hydrogen-bond acceptors (Lipinski definition) is 19. The first-order valence-electron chi connectivity index (χ1n) is 27.1. The van der Waals surface area contributed by atoms with Crippen LogP contribution in [0, 0.1) is 11.8 Å². The smallest absolute Gasteiger partial charge is 0.243 e. The fraction of sp³-hybridized carbons (Fsp3) is 0.582. The molecule has 0 bridgehead atoms. The van der Waals surface area contributed by atoms with E-state index in [1.807, 2.05) is 0 Å². The molecule has 0 unspecified atom stereocenters. The van der Waals surface area contributed by atoms with E-state index in [1.54, 1.807) is 27.7 Å². The Labute approximate surface area is 472 Å². The highest BCUT2D eigenvalue weighted by Crippen LogP contribution is 2.52. The number of rotatable bonds is 24. The lowest BCUT2D eigenvalue weighted by molar-refractivity contribution is -0.249. The molecule has 0 aromatic heterocycles. The second kappa shape index (κ2) is 27.0. The van der Waals surface area contributed by atoms with E-state index >= 15 is 0 Å². The molecule has 6 rings (SSSR count). The molecule has 2 fully saturated rings. The Morgan fingerprint density at radius 1 is 0.854 bits per heavy atom. The summed E-state index contributed by atoms with van der Waals surface area (Å²) >= 11 is 0. The summed E-state index contributed by atoms with van der Waals surface area (Å²) in [5.41, 5.74) is 0.731. The number of carbonyl (C=O) groups is 11. The second-order valence-corrected chi connectivity index (χ2v) is 22.0. The predicted octanol–water partition coefficient (Wildman–Crippen LogP) is -1.79. The third-order valence-electron chi connectivity index (χ3n) is 14.9. The summed E-state index contributed by atoms with van der Waals surface area (Å²) in [7, 11) is 1.27. The van der Waals surface area contributed by atoms with Gasteiger partial charge in [0.2, 0.25) is 53.0 Å². The summed E-state index contributed by atoms with van der Waals surface area (Å²) in [5.74, 6) is -10.7. The van der Waals surface area contributed by atoms with Gasteiger partial charge in [0.15, 0.2) is 17.9 Å². The zero-order chi connectivity index (χ0) is 60.7. The van der Waals surface area contributed by atoms with Gasteiger partial charge < -0.3 is 82.3 Å². The number of carbonyl (C=O) groups excluding carboxylic acids is 11. The number of nitrogens with one attached hydrogen (secondary N) is 6. The fourth-order valence-electron chi connectivity index (χ4n) is 10.8. The molecule has 2 aliphatic heterocycles. The van der Waals surface area contributed by atoms with Gasteiger partial charge in [-0.25, -0.2) is 0 Å². The summed E-state index contributed by atoms with van der Waals surface area (Å²) in [6.45, 7) is 7.80. The van der Waals surface area contributed by atoms with Gasteiger partial charge in [-0.3, -0.25) is 52.7 Å². The van der Waals surface area contributed by atoms with Crippen LogP contribution in [-0.2, 0) is 59.0 Å². The topological polar surface area (TPSA) is 418 Å². The molecule has 82 heavy (non-hydrogen) atoms. The van der Waals surface area contributed by atoms with Gasteiger partial charge in [-0.15, -0.1) is 0 Å². The van der Waals surface area contributed by atoms with Gasteiger partial charge in [0.1, 0.15) is 59.7 Å². The van der Waals surface area contributed by atoms with Gasteiger partial charge in [-0.2, -0.15) is 0 Å². The van der Waals surface area contributed by atoms with Crippen LogP contribution >= 0.6 is 0 Å². The van der Waals surface area contributed by atoms with Crippen LogP contribution < -0.4 is 42.4 Å². The third-order valence-corrected chi connectivity index (χ3v) is 14.9. The predicted molar refractivity (Wildman–Crippen MR) is 285 cm³/mol. The Balaban J connectivity index is 1.16. The molecule has 2 aromatic carbocycles. The van der Waals surface area contributed by atoms with Crippen molar-refractivity contribution in [3.8, 4) is 17.2 Å². The number of primary amides is 1. The minimum absolute atomic E-state index is 0.00349. The van der Waals surface area contributed by atoms with Crippen molar-refractivity contribution in [1.82, 2.24) is 36.8 Å². The SMILES string of the molecule is COc1cccc2c1C(=O)c1c(O)c3c(c(O)c1C2=O)C[C@@](O)(C(=O)CO)C[C@@H]3O[C@H]1C[C@H](NC(=O)[C@H](CC(C)C)NC(=O)[C@H](CC(C)C)NC(=O)CNC(=O)[C@H](CCC(N)=O)NC(=O)[C@@H]2CCCN2C(=O)CNC(C)=O)[C@H](O)[C@H](C)O1. The zero-order valence-electron chi connectivity index (χ0n) is 46.8. The van der Waals surface area contributed by atoms with E-state index in [4.69, 9.17) is 19.9 Å². The minimum atomic E-state index is -2.46. The number of benzene rings is 2. The number of methoxy groups -OCH3 is 1. The molecule has 4 aliphatic rings. The molecular formula is C55H74N8O19. The van der Waals surface area contributed by atoms with Crippen molar-refractivity contribution in [1.29, 1.82) is 0 Å². The molecule has 0 saturated carbocycles. The highest BCUT2D eigenvalue weighted by atomic mass is 16.7. The van der Waals surface area contributed by atoms with Crippen molar-refractivity contribution < 1.29 is 92.5 Å². The molecule has 0 spiro atoms. The lowest BCUT2D eigenvalue weighted by Gasteiger charge is -2.43. The van der Waals surface area contributed by atoms with Crippen LogP contribution in [0.3, 0.4) is 0 Å². The van der Waals surface area contributed by atoms with Crippen molar-refractivity contribution in [2.24, 2.45) is 17.6 Å². The Morgan fingerprint density at radius 2 is 1.51 bits per heavy atom. The van der Waals surface area contributed by atoms with Crippen LogP contribution in [0.5, 0.6) is 17.2 Å². The molecule has 2 saturated heterocycles. The van der Waals surface area contributed by atoms with E-state index in [9.17, 15) is 78.3 Å². The molecule has 2 aliphatic carbocycles. The second-order valence-electron chi connectivity index (χ2n) is 22.0. The number of amides is 8. The average Bonchev–Trinajstić information content (AvgIpc) is 1.04. The Kier molecular flexibility index (Phi) is 20.9. The third kappa shape index (κ3) is 14.5. The van der Waals surface area contributed by atoms with Crippen LogP contribution in [0.25, 0.3) is 0 Å². The first kappa shape index (κ1) is 63.6. The molecule has 13 N–H and O–H groups in total. The summed E-state index contributed by atoms with van der Waals surface area (Å²) in [6, 6.07) is -1.91. The molecular weight excluding hydrogens is 1080 g/mol. The molecule has 448 valence electrons. The van der Waals surface area contributed by atoms with E-state index in [0.29, 0.717) is 6.42 Å². The quantitative estimate of drug-likeness (QED) is 0.0441. The fourth-order valence-corrected chi connectivity index (χ4v) is 10.8. The average molecular weight is 1150 g/mol. The van der Waals surface area contributed by atoms with E-state index in [2.05, 4.69) is 31.9 Å². The number of likely N-dealkylation sites (tertiary alicyclic amines) is 1. The molecule has 10 atom stereocenters. The van der Waals surface area contributed by atoms with Crippen LogP contribution in [0.15, 0.2) is 18.2 Å². The normalized spacial score (nSPS) is 23.0. The number of phenols is 2. The Morgan fingerprint density at radius 3 is 2.13 bits per heavy atom. The number of ketones is 3. The summed E-state index contributed by atoms with van der Waals surface area (Å²) in [5, 5.41) is 72.2. The van der Waals surface area contributed by atoms with Gasteiger partial charge in [-0.1, -0.05) is 39.8 Å². The van der Waals surface area contributed by atoms with Crippen LogP contribution in [0.4, 0.5) is 0 Å². The standard InChI is InChI=1S/C55H74N8O19/c1-24(2)16-32(59-39(68)21-58-51(75)30(13-14-38(56)67)60-54(78)34-11-9-15-63(34)40(69)22-57-27(6)65)52(76)62-33(17-25(3)4)53(77)61-31-18-41(81-26(5)46(31)70)82-36-20-55(79,37(66)23-64)19-29-43(36)50(74)45-44(48(29)72)47(71)28-10-8-12-35(80-7)42(28)49(45)73/h8,10,12,24-26,30-34,36,41,46,64,70,72,74,79H,9,11,13-23H2,1-7H3,(H2,56,67)(H,57,65)(H,58,75)(H,59,68)(H,60,78)(H,61,77)(H,62,76)/t26-,30-,31-,32-,33-,34-,36-,41-,46+,55-/m0/s1. The number of Topliss-reactive ketones (excluding diaryl/α,β-unsaturated/α-hetero) is 1. The van der Waals surface area contributed by atoms with E-state index in [-0.39, 0.29) is 91.5 Å². The monoisotopic (exact) mass is 1150 g/mol. The Hall–Kier alpha value is -7.59. The first-order chi connectivity index (χ1) is 38.6. The number of ether oxygens (including phenoxy) is 3. The van der Waals surface area contributed by atoms with Crippen molar-refractivity contribution in [2.75, 3.05) is 33.4 Å². The molecule has 0 radical (unpaired) electrons. The van der Waals surface area contributed by atoms with E-state index < -0.39 is 174 Å². The summed E-state index contributed by atoms with van der Waals surface area (Å²) in [4.78, 5) is 147. The maximum absolute atomic E-state index is 14.3. The van der Waals surface area contributed by atoms with Crippen molar-refractivity contribution in [2.45, 2.75) is 160 Å². The number of fused-ring (bicyclic) bond motifs is 3. The van der Waals surface area contributed by atoms with E-state index in [0.717, 1.165) is 0 Å². The van der Waals surface area contributed by atoms with Gasteiger partial charge >= 0.3 is 0 Å². The van der Waals surface area contributed by atoms with Crippen LogP contribution in [0.1, 0.15) is 142 Å². The number of nitrogens with zero attached hydrogens (tertiary/aromatic N) is 1. The lowest BCUT2D eigenvalue weighted by atomic mass is 9.72. The number of nitrogens with two attached hydrogens (primary N) is 1. The highest BCUT2D eigenvalue weighted by molar-refractivity contribution is 6.31. The van der Waals surface area contributed by atoms with Crippen molar-refractivity contribution in [3.05, 3.63) is 51.6 Å². The lowest BCUT2D eigenvalue weighted by Crippen LogP contribution is -2.60. The van der Waals surface area contributed by atoms with Gasteiger partial charge in [0.25, 0.3) is 0 Å². The number of hydrogen-bond donors (Lipinski definition) is 12. The molecule has 8 amide bonds. The maximum atomic E-state index is 14.3. The van der Waals surface area contributed by atoms with Crippen molar-refractivity contribution >= 4 is 64.6 Å². The van der Waals surface area contributed by atoms with E-state index in [1.165, 1.54) is 44.1 Å². The van der Waals surface area contributed by atoms with Crippen LogP contribution in [-0.4, -0.2) is 183 Å². The zero-order valence-corrected chi connectivity index (χ0v) is 46.8. The number of aliphatic hydroxyl groups is 3. The first-order valence-corrected chi connectivity index (χ1v) is 27.1. The molecule has 27 heteroatoms. The van der Waals surface area contributed by atoms with Crippen LogP contribution in [0.2, 0.25) is 0 Å². The Bertz CT molecular complexity index is 2860. The molecule has 2 aromatic rings. The summed E-state index contributed by atoms with van der Waals surface area (Å²) in [6.07, 6.45) is -7.08. The van der Waals surface area contributed by atoms with Gasteiger partial charge in [0, 0.05) is 55.8 Å². The molecule has 27 nitrogen and oxygen atoms in total. The maximum Gasteiger partial charge on any atom is 0.243 e. The number of aliphatic hydroxyl groups excluding tert-OH is 2.